The molecule has 0 aliphatic rings. The van der Waals surface area contributed by atoms with Crippen molar-refractivity contribution in [3.63, 3.8) is 0 Å². The number of nitrogens with one attached hydrogen (secondary N) is 3. The second-order valence-corrected chi connectivity index (χ2v) is 3.71. The minimum Gasteiger partial charge on any atom is -0.363 e. The summed E-state index contributed by atoms with van der Waals surface area (Å²) < 4.78 is 0. The molecule has 0 aliphatic carbocycles. The molecule has 80 valence electrons. The smallest absolute Gasteiger partial charge is 0.0583 e. The number of H-pyrrole nitrogens is 1. The molecule has 0 unspecified atom stereocenters. The summed E-state index contributed by atoms with van der Waals surface area (Å²) in [5, 5.41) is 7.42. The normalized spacial score (nSPS) is 10.7. The largest absolute Gasteiger partial charge is 0.363 e. The van der Waals surface area contributed by atoms with E-state index in [0.29, 0.717) is 0 Å². The number of rotatable bonds is 7. The van der Waals surface area contributed by atoms with Crippen LogP contribution in [0.15, 0.2) is 12.3 Å². The van der Waals surface area contributed by atoms with E-state index in [1.54, 1.807) is 6.20 Å². The van der Waals surface area contributed by atoms with Gasteiger partial charge < -0.3 is 15.6 Å². The lowest BCUT2D eigenvalue weighted by molar-refractivity contribution is 0.603. The molecule has 0 fully saturated rings. The number of hydrogen-bond donors (Lipinski definition) is 3. The lowest BCUT2D eigenvalue weighted by Gasteiger charge is -2.04. The molecule has 0 saturated carbocycles. The Labute approximate surface area is 90.2 Å². The number of aromatic nitrogens is 1. The monoisotopic (exact) mass is 215 g/mol. The van der Waals surface area contributed by atoms with Gasteiger partial charge in [0.05, 0.1) is 5.02 Å². The third-order valence-corrected chi connectivity index (χ3v) is 2.15. The van der Waals surface area contributed by atoms with Crippen molar-refractivity contribution in [3.8, 4) is 0 Å². The van der Waals surface area contributed by atoms with Crippen molar-refractivity contribution in [3.05, 3.63) is 23.0 Å². The van der Waals surface area contributed by atoms with Crippen LogP contribution in [0.3, 0.4) is 0 Å². The zero-order chi connectivity index (χ0) is 10.2. The topological polar surface area (TPSA) is 39.8 Å². The molecule has 1 rings (SSSR count). The standard InChI is InChI=1S/C10H18ClN3/c1-2-3-12-4-5-13-8-10-6-9(11)7-14-10/h6-7,12-14H,2-5,8H2,1H3. The third kappa shape index (κ3) is 4.65. The predicted molar refractivity (Wildman–Crippen MR) is 60.7 cm³/mol. The summed E-state index contributed by atoms with van der Waals surface area (Å²) in [5.41, 5.74) is 1.13. The molecular formula is C10H18ClN3. The first-order valence-electron chi connectivity index (χ1n) is 5.07. The summed E-state index contributed by atoms with van der Waals surface area (Å²) in [7, 11) is 0. The first-order chi connectivity index (χ1) is 6.83. The van der Waals surface area contributed by atoms with Crippen LogP contribution < -0.4 is 10.6 Å². The van der Waals surface area contributed by atoms with Crippen LogP contribution in [0.4, 0.5) is 0 Å². The fourth-order valence-electron chi connectivity index (χ4n) is 1.22. The Morgan fingerprint density at radius 2 is 2.07 bits per heavy atom. The molecule has 0 saturated heterocycles. The molecule has 4 heteroatoms. The molecular weight excluding hydrogens is 198 g/mol. The highest BCUT2D eigenvalue weighted by Gasteiger charge is 1.95. The van der Waals surface area contributed by atoms with E-state index in [4.69, 9.17) is 11.6 Å². The molecule has 3 nitrogen and oxygen atoms in total. The molecule has 1 aromatic rings. The average Bonchev–Trinajstić information content (AvgIpc) is 2.58. The molecule has 0 aromatic carbocycles. The number of halogens is 1. The van der Waals surface area contributed by atoms with Gasteiger partial charge in [-0.3, -0.25) is 0 Å². The van der Waals surface area contributed by atoms with Gasteiger partial charge in [-0.05, 0) is 19.0 Å². The fourth-order valence-corrected chi connectivity index (χ4v) is 1.40. The van der Waals surface area contributed by atoms with Gasteiger partial charge in [-0.25, -0.2) is 0 Å². The SMILES string of the molecule is CCCNCCNCc1cc(Cl)c[nH]1. The minimum absolute atomic E-state index is 0.769. The van der Waals surface area contributed by atoms with E-state index < -0.39 is 0 Å². The molecule has 0 radical (unpaired) electrons. The van der Waals surface area contributed by atoms with Crippen molar-refractivity contribution in [1.29, 1.82) is 0 Å². The zero-order valence-corrected chi connectivity index (χ0v) is 9.32. The van der Waals surface area contributed by atoms with Gasteiger partial charge in [-0.1, -0.05) is 18.5 Å². The van der Waals surface area contributed by atoms with E-state index in [0.717, 1.165) is 36.9 Å². The predicted octanol–water partition coefficient (Wildman–Crippen LogP) is 1.76. The highest BCUT2D eigenvalue weighted by Crippen LogP contribution is 2.08. The van der Waals surface area contributed by atoms with E-state index in [1.165, 1.54) is 6.42 Å². The average molecular weight is 216 g/mol. The van der Waals surface area contributed by atoms with Crippen molar-refractivity contribution < 1.29 is 0 Å². The summed E-state index contributed by atoms with van der Waals surface area (Å²) in [6.45, 7) is 6.11. The lowest BCUT2D eigenvalue weighted by atomic mass is 10.4. The molecule has 0 aliphatic heterocycles. The van der Waals surface area contributed by atoms with E-state index in [1.807, 2.05) is 6.07 Å². The second kappa shape index (κ2) is 6.87. The third-order valence-electron chi connectivity index (χ3n) is 1.93. The minimum atomic E-state index is 0.769. The summed E-state index contributed by atoms with van der Waals surface area (Å²) in [6.07, 6.45) is 2.99. The summed E-state index contributed by atoms with van der Waals surface area (Å²) in [4.78, 5) is 3.09. The van der Waals surface area contributed by atoms with Crippen LogP contribution >= 0.6 is 11.6 Å². The van der Waals surface area contributed by atoms with Crippen molar-refractivity contribution >= 4 is 11.6 Å². The van der Waals surface area contributed by atoms with E-state index in [-0.39, 0.29) is 0 Å². The van der Waals surface area contributed by atoms with E-state index in [9.17, 15) is 0 Å². The Hall–Kier alpha value is -0.510. The molecule has 0 atom stereocenters. The fraction of sp³-hybridized carbons (Fsp3) is 0.600. The van der Waals surface area contributed by atoms with Crippen LogP contribution in [0.2, 0.25) is 5.02 Å². The van der Waals surface area contributed by atoms with Crippen LogP contribution in [-0.4, -0.2) is 24.6 Å². The number of hydrogen-bond acceptors (Lipinski definition) is 2. The van der Waals surface area contributed by atoms with Gasteiger partial charge in [0.15, 0.2) is 0 Å². The first-order valence-corrected chi connectivity index (χ1v) is 5.45. The van der Waals surface area contributed by atoms with Gasteiger partial charge in [0, 0.05) is 31.5 Å². The van der Waals surface area contributed by atoms with Crippen LogP contribution in [0.25, 0.3) is 0 Å². The first kappa shape index (κ1) is 11.6. The number of aromatic amines is 1. The molecule has 14 heavy (non-hydrogen) atoms. The van der Waals surface area contributed by atoms with Crippen molar-refractivity contribution in [2.75, 3.05) is 19.6 Å². The lowest BCUT2D eigenvalue weighted by Crippen LogP contribution is -2.27. The molecule has 3 N–H and O–H groups in total. The van der Waals surface area contributed by atoms with Gasteiger partial charge in [-0.2, -0.15) is 0 Å². The summed E-state index contributed by atoms with van der Waals surface area (Å²) in [5.74, 6) is 0. The van der Waals surface area contributed by atoms with Gasteiger partial charge in [-0.15, -0.1) is 0 Å². The zero-order valence-electron chi connectivity index (χ0n) is 8.57. The Bertz CT molecular complexity index is 247. The van der Waals surface area contributed by atoms with Crippen LogP contribution in [0.5, 0.6) is 0 Å². The van der Waals surface area contributed by atoms with Crippen LogP contribution in [-0.2, 0) is 6.54 Å². The van der Waals surface area contributed by atoms with Crippen LogP contribution in [0, 0.1) is 0 Å². The Morgan fingerprint density at radius 1 is 1.29 bits per heavy atom. The van der Waals surface area contributed by atoms with E-state index in [2.05, 4.69) is 22.5 Å². The second-order valence-electron chi connectivity index (χ2n) is 3.27. The molecule has 1 aromatic heterocycles. The van der Waals surface area contributed by atoms with Gasteiger partial charge in [0.1, 0.15) is 0 Å². The van der Waals surface area contributed by atoms with Gasteiger partial charge >= 0.3 is 0 Å². The van der Waals surface area contributed by atoms with E-state index >= 15 is 0 Å². The maximum Gasteiger partial charge on any atom is 0.0583 e. The van der Waals surface area contributed by atoms with Crippen LogP contribution in [0.1, 0.15) is 19.0 Å². The quantitative estimate of drug-likeness (QED) is 0.607. The summed E-state index contributed by atoms with van der Waals surface area (Å²) >= 11 is 5.77. The molecule has 1 heterocycles. The van der Waals surface area contributed by atoms with Gasteiger partial charge in [0.2, 0.25) is 0 Å². The maximum absolute atomic E-state index is 5.77. The molecule has 0 spiro atoms. The van der Waals surface area contributed by atoms with Crippen molar-refractivity contribution in [2.45, 2.75) is 19.9 Å². The molecule has 0 amide bonds. The highest BCUT2D eigenvalue weighted by atomic mass is 35.5. The van der Waals surface area contributed by atoms with Gasteiger partial charge in [0.25, 0.3) is 0 Å². The Morgan fingerprint density at radius 3 is 2.71 bits per heavy atom. The van der Waals surface area contributed by atoms with Crippen molar-refractivity contribution in [1.82, 2.24) is 15.6 Å². The summed E-state index contributed by atoms with van der Waals surface area (Å²) in [6, 6.07) is 1.94. The maximum atomic E-state index is 5.77. The molecule has 0 bridgehead atoms. The van der Waals surface area contributed by atoms with Crippen molar-refractivity contribution in [2.24, 2.45) is 0 Å². The Balaban J connectivity index is 1.99. The Kier molecular flexibility index (Phi) is 5.68. The highest BCUT2D eigenvalue weighted by molar-refractivity contribution is 6.30.